The molecule has 0 aliphatic carbocycles. The number of aromatic nitrogens is 5. The predicted molar refractivity (Wildman–Crippen MR) is 117 cm³/mol. The van der Waals surface area contributed by atoms with Gasteiger partial charge < -0.3 is 4.74 Å². The minimum absolute atomic E-state index is 0.111. The lowest BCUT2D eigenvalue weighted by molar-refractivity contribution is 0.416. The van der Waals surface area contributed by atoms with E-state index in [0.717, 1.165) is 38.0 Å². The van der Waals surface area contributed by atoms with Gasteiger partial charge in [0, 0.05) is 5.69 Å². The van der Waals surface area contributed by atoms with Crippen molar-refractivity contribution in [3.63, 3.8) is 0 Å². The molecule has 0 aliphatic heterocycles. The molecule has 4 aromatic rings. The fraction of sp³-hybridized carbons (Fsp3) is 0.238. The van der Waals surface area contributed by atoms with Gasteiger partial charge in [-0.05, 0) is 45.0 Å². The highest BCUT2D eigenvalue weighted by Crippen LogP contribution is 2.39. The zero-order valence-electron chi connectivity index (χ0n) is 16.7. The molecule has 0 saturated carbocycles. The average Bonchev–Trinajstić information content (AvgIpc) is 3.35. The van der Waals surface area contributed by atoms with Gasteiger partial charge in [0.05, 0.1) is 17.9 Å². The number of aryl methyl sites for hydroxylation is 2. The normalized spacial score (nSPS) is 12.1. The molecule has 4 rings (SSSR count). The molecule has 0 fully saturated rings. The predicted octanol–water partition coefficient (Wildman–Crippen LogP) is 5.26. The van der Waals surface area contributed by atoms with E-state index >= 15 is 0 Å². The highest BCUT2D eigenvalue weighted by atomic mass is 32.2. The number of nitrogens with zero attached hydrogens (tertiary/aromatic N) is 5. The summed E-state index contributed by atoms with van der Waals surface area (Å²) < 4.78 is 7.64. The molecule has 0 bridgehead atoms. The zero-order valence-corrected chi connectivity index (χ0v) is 18.3. The molecule has 0 saturated heterocycles. The second kappa shape index (κ2) is 8.34. The molecule has 29 heavy (non-hydrogen) atoms. The first kappa shape index (κ1) is 19.6. The highest BCUT2D eigenvalue weighted by Gasteiger charge is 2.22. The van der Waals surface area contributed by atoms with E-state index in [1.807, 2.05) is 31.2 Å². The minimum Gasteiger partial charge on any atom is -0.496 e. The zero-order chi connectivity index (χ0) is 20.4. The Morgan fingerprint density at radius 3 is 2.41 bits per heavy atom. The van der Waals surface area contributed by atoms with Crippen LogP contribution in [0.25, 0.3) is 17.1 Å². The van der Waals surface area contributed by atoms with E-state index < -0.39 is 0 Å². The Morgan fingerprint density at radius 2 is 1.72 bits per heavy atom. The van der Waals surface area contributed by atoms with Gasteiger partial charge in [-0.2, -0.15) is 0 Å². The van der Waals surface area contributed by atoms with E-state index in [-0.39, 0.29) is 5.25 Å². The number of thioether (sulfide) groups is 1. The molecule has 0 unspecified atom stereocenters. The van der Waals surface area contributed by atoms with Crippen molar-refractivity contribution in [1.82, 2.24) is 25.0 Å². The third kappa shape index (κ3) is 4.04. The fourth-order valence-corrected chi connectivity index (χ4v) is 4.73. The standard InChI is InChI=1S/C21H21N5OS2/c1-13-9-11-16(12-10-13)26-19(17-7-5-6-8-18(17)27-4)23-25-21(26)28-14(2)20-24-22-15(3)29-20/h5-12,14H,1-4H3/t14-/m0/s1. The van der Waals surface area contributed by atoms with Crippen LogP contribution in [0.1, 0.15) is 27.8 Å². The third-order valence-electron chi connectivity index (χ3n) is 4.45. The molecule has 0 radical (unpaired) electrons. The third-order valence-corrected chi connectivity index (χ3v) is 6.67. The molecule has 1 atom stereocenters. The van der Waals surface area contributed by atoms with Crippen LogP contribution >= 0.6 is 23.1 Å². The van der Waals surface area contributed by atoms with Crippen LogP contribution in [0.3, 0.4) is 0 Å². The number of methoxy groups -OCH3 is 1. The van der Waals surface area contributed by atoms with Crippen LogP contribution in [-0.4, -0.2) is 32.1 Å². The second-order valence-corrected chi connectivity index (χ2v) is 9.12. The maximum absolute atomic E-state index is 5.57. The smallest absolute Gasteiger partial charge is 0.196 e. The van der Waals surface area contributed by atoms with Crippen molar-refractivity contribution >= 4 is 23.1 Å². The molecule has 6 nitrogen and oxygen atoms in total. The Kier molecular flexibility index (Phi) is 5.64. The van der Waals surface area contributed by atoms with Gasteiger partial charge in [0.25, 0.3) is 0 Å². The molecular formula is C21H21N5OS2. The largest absolute Gasteiger partial charge is 0.496 e. The molecule has 0 spiro atoms. The lowest BCUT2D eigenvalue weighted by Gasteiger charge is -2.14. The van der Waals surface area contributed by atoms with E-state index in [1.54, 1.807) is 30.2 Å². The van der Waals surface area contributed by atoms with Crippen molar-refractivity contribution in [2.45, 2.75) is 31.2 Å². The number of para-hydroxylation sites is 1. The maximum Gasteiger partial charge on any atom is 0.196 e. The summed E-state index contributed by atoms with van der Waals surface area (Å²) in [7, 11) is 1.67. The second-order valence-electron chi connectivity index (χ2n) is 6.60. The van der Waals surface area contributed by atoms with Crippen molar-refractivity contribution in [2.24, 2.45) is 0 Å². The lowest BCUT2D eigenvalue weighted by atomic mass is 10.1. The topological polar surface area (TPSA) is 65.7 Å². The number of hydrogen-bond acceptors (Lipinski definition) is 7. The first-order valence-electron chi connectivity index (χ1n) is 9.19. The highest BCUT2D eigenvalue weighted by molar-refractivity contribution is 7.99. The van der Waals surface area contributed by atoms with Gasteiger partial charge in [0.2, 0.25) is 0 Å². The van der Waals surface area contributed by atoms with E-state index in [9.17, 15) is 0 Å². The molecule has 0 aliphatic rings. The van der Waals surface area contributed by atoms with Gasteiger partial charge in [-0.15, -0.1) is 31.7 Å². The summed E-state index contributed by atoms with van der Waals surface area (Å²) in [5, 5.41) is 20.3. The van der Waals surface area contributed by atoms with E-state index in [0.29, 0.717) is 0 Å². The number of hydrogen-bond donors (Lipinski definition) is 0. The number of benzene rings is 2. The number of rotatable bonds is 6. The van der Waals surface area contributed by atoms with Gasteiger partial charge in [-0.25, -0.2) is 0 Å². The maximum atomic E-state index is 5.57. The van der Waals surface area contributed by atoms with Crippen LogP contribution in [0, 0.1) is 13.8 Å². The van der Waals surface area contributed by atoms with Gasteiger partial charge in [-0.3, -0.25) is 4.57 Å². The Hall–Kier alpha value is -2.71. The lowest BCUT2D eigenvalue weighted by Crippen LogP contribution is -2.02. The van der Waals surface area contributed by atoms with Crippen LogP contribution in [-0.2, 0) is 0 Å². The molecular weight excluding hydrogens is 402 g/mol. The van der Waals surface area contributed by atoms with E-state index in [1.165, 1.54) is 5.56 Å². The van der Waals surface area contributed by atoms with E-state index in [2.05, 4.69) is 63.1 Å². The number of ether oxygens (including phenoxy) is 1. The summed E-state index contributed by atoms with van der Waals surface area (Å²) >= 11 is 3.23. The van der Waals surface area contributed by atoms with Crippen LogP contribution in [0.4, 0.5) is 0 Å². The fourth-order valence-electron chi connectivity index (χ4n) is 2.96. The Morgan fingerprint density at radius 1 is 0.966 bits per heavy atom. The summed E-state index contributed by atoms with van der Waals surface area (Å²) in [5.41, 5.74) is 3.10. The van der Waals surface area contributed by atoms with Crippen molar-refractivity contribution < 1.29 is 4.74 Å². The Balaban J connectivity index is 1.81. The van der Waals surface area contributed by atoms with Crippen molar-refractivity contribution in [3.05, 3.63) is 64.1 Å². The molecule has 148 valence electrons. The first-order valence-corrected chi connectivity index (χ1v) is 10.9. The molecule has 8 heteroatoms. The summed E-state index contributed by atoms with van der Waals surface area (Å²) in [6.07, 6.45) is 0. The van der Waals surface area contributed by atoms with Crippen molar-refractivity contribution in [3.8, 4) is 22.8 Å². The minimum atomic E-state index is 0.111. The summed E-state index contributed by atoms with van der Waals surface area (Å²) in [5.74, 6) is 1.51. The molecule has 2 aromatic carbocycles. The van der Waals surface area contributed by atoms with Crippen molar-refractivity contribution in [1.29, 1.82) is 0 Å². The van der Waals surface area contributed by atoms with Gasteiger partial charge >= 0.3 is 0 Å². The molecule has 2 heterocycles. The van der Waals surface area contributed by atoms with Gasteiger partial charge in [0.1, 0.15) is 15.8 Å². The summed E-state index contributed by atoms with van der Waals surface area (Å²) in [6.45, 7) is 6.15. The van der Waals surface area contributed by atoms with Crippen molar-refractivity contribution in [2.75, 3.05) is 7.11 Å². The average molecular weight is 424 g/mol. The molecule has 2 aromatic heterocycles. The molecule has 0 N–H and O–H groups in total. The van der Waals surface area contributed by atoms with Crippen LogP contribution in [0.5, 0.6) is 5.75 Å². The van der Waals surface area contributed by atoms with Crippen LogP contribution in [0.2, 0.25) is 0 Å². The Bertz CT molecular complexity index is 1120. The SMILES string of the molecule is COc1ccccc1-c1nnc(S[C@@H](C)c2nnc(C)s2)n1-c1ccc(C)cc1. The Labute approximate surface area is 178 Å². The molecule has 0 amide bonds. The quantitative estimate of drug-likeness (QED) is 0.394. The summed E-state index contributed by atoms with van der Waals surface area (Å²) in [4.78, 5) is 0. The van der Waals surface area contributed by atoms with Crippen LogP contribution in [0.15, 0.2) is 53.7 Å². The van der Waals surface area contributed by atoms with Gasteiger partial charge in [-0.1, -0.05) is 41.6 Å². The first-order chi connectivity index (χ1) is 14.1. The van der Waals surface area contributed by atoms with Gasteiger partial charge in [0.15, 0.2) is 11.0 Å². The van der Waals surface area contributed by atoms with E-state index in [4.69, 9.17) is 4.74 Å². The summed E-state index contributed by atoms with van der Waals surface area (Å²) in [6, 6.07) is 16.2. The monoisotopic (exact) mass is 423 g/mol. The van der Waals surface area contributed by atoms with Crippen LogP contribution < -0.4 is 4.74 Å².